The Morgan fingerprint density at radius 2 is 1.94 bits per heavy atom. The Morgan fingerprint density at radius 3 is 2.47 bits per heavy atom. The molecule has 0 amide bonds. The van der Waals surface area contributed by atoms with Gasteiger partial charge in [0.05, 0.1) is 0 Å². The molecule has 1 heteroatoms. The second-order valence-corrected chi connectivity index (χ2v) is 8.81. The zero-order chi connectivity index (χ0) is 12.6. The Hall–Kier alpha value is -0.157. The van der Waals surface area contributed by atoms with Crippen LogP contribution in [0.15, 0.2) is 41.5 Å². The van der Waals surface area contributed by atoms with Crippen molar-refractivity contribution in [2.24, 2.45) is 5.41 Å². The normalized spacial score (nSPS) is 28.2. The Morgan fingerprint density at radius 1 is 1.24 bits per heavy atom. The van der Waals surface area contributed by atoms with Gasteiger partial charge in [0.15, 0.2) is 0 Å². The molecular weight excluding hydrogens is 283 g/mol. The van der Waals surface area contributed by atoms with Crippen molar-refractivity contribution >= 4 is 0 Å². The van der Waals surface area contributed by atoms with Crippen LogP contribution in [-0.4, -0.2) is 0 Å². The SMILES string of the molecule is CCC1(C)C(C)=C(C)C(C)=[C]1[Zr][C]1=CC=CC1. The molecule has 0 radical (unpaired) electrons. The van der Waals surface area contributed by atoms with E-state index < -0.39 is 23.2 Å². The van der Waals surface area contributed by atoms with Gasteiger partial charge in [-0.1, -0.05) is 0 Å². The summed E-state index contributed by atoms with van der Waals surface area (Å²) in [5.74, 6) is 0. The molecule has 90 valence electrons. The molecule has 0 bridgehead atoms. The second kappa shape index (κ2) is 4.84. The summed E-state index contributed by atoms with van der Waals surface area (Å²) in [7, 11) is 0. The fourth-order valence-corrected chi connectivity index (χ4v) is 7.12. The second-order valence-electron chi connectivity index (χ2n) is 5.38. The third kappa shape index (κ3) is 2.12. The van der Waals surface area contributed by atoms with Gasteiger partial charge in [0.2, 0.25) is 0 Å². The molecule has 1 atom stereocenters. The van der Waals surface area contributed by atoms with Gasteiger partial charge in [-0.2, -0.15) is 0 Å². The fraction of sp³-hybridized carbons (Fsp3) is 0.500. The van der Waals surface area contributed by atoms with Crippen LogP contribution < -0.4 is 0 Å². The van der Waals surface area contributed by atoms with Gasteiger partial charge in [-0.05, 0) is 0 Å². The summed E-state index contributed by atoms with van der Waals surface area (Å²) >= 11 is -0.537. The number of rotatable bonds is 3. The van der Waals surface area contributed by atoms with E-state index in [4.69, 9.17) is 0 Å². The minimum absolute atomic E-state index is 0.379. The van der Waals surface area contributed by atoms with E-state index in [0.717, 1.165) is 0 Å². The molecule has 0 aliphatic heterocycles. The molecule has 0 aromatic carbocycles. The van der Waals surface area contributed by atoms with Crippen LogP contribution in [0.25, 0.3) is 0 Å². The van der Waals surface area contributed by atoms with Crippen LogP contribution in [0.2, 0.25) is 0 Å². The van der Waals surface area contributed by atoms with Crippen molar-refractivity contribution in [1.29, 1.82) is 0 Å². The van der Waals surface area contributed by atoms with Gasteiger partial charge in [0.25, 0.3) is 0 Å². The van der Waals surface area contributed by atoms with Crippen LogP contribution in [0.4, 0.5) is 0 Å². The zero-order valence-corrected chi connectivity index (χ0v) is 14.1. The molecule has 0 fully saturated rings. The average molecular weight is 306 g/mol. The first kappa shape index (κ1) is 13.3. The van der Waals surface area contributed by atoms with Crippen LogP contribution >= 0.6 is 0 Å². The molecule has 0 spiro atoms. The summed E-state index contributed by atoms with van der Waals surface area (Å²) in [5.41, 5.74) is 5.19. The number of allylic oxidation sites excluding steroid dienone is 8. The average Bonchev–Trinajstić information content (AvgIpc) is 2.89. The van der Waals surface area contributed by atoms with Crippen LogP contribution in [0, 0.1) is 5.41 Å². The molecule has 17 heavy (non-hydrogen) atoms. The zero-order valence-electron chi connectivity index (χ0n) is 11.6. The fourth-order valence-electron chi connectivity index (χ4n) is 2.86. The van der Waals surface area contributed by atoms with E-state index in [1.165, 1.54) is 12.8 Å². The Bertz CT molecular complexity index is 460. The van der Waals surface area contributed by atoms with Gasteiger partial charge in [0.1, 0.15) is 0 Å². The van der Waals surface area contributed by atoms with E-state index in [9.17, 15) is 0 Å². The minimum atomic E-state index is -0.537. The molecule has 0 N–H and O–H groups in total. The van der Waals surface area contributed by atoms with Gasteiger partial charge < -0.3 is 0 Å². The topological polar surface area (TPSA) is 0 Å². The van der Waals surface area contributed by atoms with Crippen LogP contribution in [0.3, 0.4) is 0 Å². The molecule has 0 aromatic heterocycles. The van der Waals surface area contributed by atoms with Crippen LogP contribution in [0.1, 0.15) is 47.5 Å². The van der Waals surface area contributed by atoms with Gasteiger partial charge in [-0.3, -0.25) is 0 Å². The summed E-state index contributed by atoms with van der Waals surface area (Å²) in [4.78, 5) is 0. The van der Waals surface area contributed by atoms with Crippen molar-refractivity contribution in [3.63, 3.8) is 0 Å². The predicted molar refractivity (Wildman–Crippen MR) is 71.3 cm³/mol. The van der Waals surface area contributed by atoms with Crippen molar-refractivity contribution < 1.29 is 23.2 Å². The third-order valence-corrected chi connectivity index (χ3v) is 9.24. The molecule has 0 saturated carbocycles. The van der Waals surface area contributed by atoms with E-state index >= 15 is 0 Å². The monoisotopic (exact) mass is 304 g/mol. The Balaban J connectivity index is 2.33. The quantitative estimate of drug-likeness (QED) is 0.692. The van der Waals surface area contributed by atoms with Crippen molar-refractivity contribution in [1.82, 2.24) is 0 Å². The maximum atomic E-state index is 2.46. The molecule has 2 rings (SSSR count). The number of hydrogen-bond acceptors (Lipinski definition) is 0. The maximum absolute atomic E-state index is 2.46. The van der Waals surface area contributed by atoms with E-state index in [0.29, 0.717) is 5.41 Å². The molecule has 0 saturated heterocycles. The van der Waals surface area contributed by atoms with Crippen molar-refractivity contribution in [2.45, 2.75) is 47.5 Å². The summed E-state index contributed by atoms with van der Waals surface area (Å²) in [6.07, 6.45) is 9.38. The van der Waals surface area contributed by atoms with Crippen molar-refractivity contribution in [3.8, 4) is 0 Å². The first-order valence-electron chi connectivity index (χ1n) is 6.53. The Kier molecular flexibility index (Phi) is 3.78. The molecule has 0 aromatic rings. The first-order valence-corrected chi connectivity index (χ1v) is 8.99. The van der Waals surface area contributed by atoms with Gasteiger partial charge in [-0.15, -0.1) is 0 Å². The van der Waals surface area contributed by atoms with E-state index in [1.807, 2.05) is 3.28 Å². The number of hydrogen-bond donors (Lipinski definition) is 0. The molecule has 2 aliphatic carbocycles. The van der Waals surface area contributed by atoms with Gasteiger partial charge >= 0.3 is 118 Å². The third-order valence-electron chi connectivity index (χ3n) is 4.64. The summed E-state index contributed by atoms with van der Waals surface area (Å²) in [5, 5.41) is 0. The van der Waals surface area contributed by atoms with E-state index in [1.54, 1.807) is 20.0 Å². The van der Waals surface area contributed by atoms with Crippen LogP contribution in [0.5, 0.6) is 0 Å². The molecular formula is C16H22Zr. The predicted octanol–water partition coefficient (Wildman–Crippen LogP) is 4.95. The Labute approximate surface area is 117 Å². The molecule has 1 unspecified atom stereocenters. The molecule has 0 heterocycles. The standard InChI is InChI=1S/C11H17.C5H5.Zr/c1-6-11(5)7-8(2)9(3)10(11)4;1-2-4-5-3-1;/h6H2,1-5H3;1-3H,4H2;. The van der Waals surface area contributed by atoms with Crippen molar-refractivity contribution in [2.75, 3.05) is 0 Å². The molecule has 0 nitrogen and oxygen atoms in total. The van der Waals surface area contributed by atoms with E-state index in [-0.39, 0.29) is 0 Å². The van der Waals surface area contributed by atoms with E-state index in [2.05, 4.69) is 52.8 Å². The molecule has 2 aliphatic rings. The summed E-state index contributed by atoms with van der Waals surface area (Å²) in [6.45, 7) is 11.8. The summed E-state index contributed by atoms with van der Waals surface area (Å²) < 4.78 is 3.57. The van der Waals surface area contributed by atoms with Crippen LogP contribution in [-0.2, 0) is 23.2 Å². The summed E-state index contributed by atoms with van der Waals surface area (Å²) in [6, 6.07) is 0. The van der Waals surface area contributed by atoms with Gasteiger partial charge in [-0.25, -0.2) is 0 Å². The van der Waals surface area contributed by atoms with Crippen molar-refractivity contribution in [3.05, 3.63) is 41.5 Å². The van der Waals surface area contributed by atoms with Gasteiger partial charge in [0, 0.05) is 0 Å². The first-order chi connectivity index (χ1) is 8.00.